The van der Waals surface area contributed by atoms with E-state index in [0.717, 1.165) is 36.9 Å². The number of rotatable bonds is 3. The lowest BCUT2D eigenvalue weighted by molar-refractivity contribution is 0.0695. The summed E-state index contributed by atoms with van der Waals surface area (Å²) in [7, 11) is 0. The van der Waals surface area contributed by atoms with Crippen molar-refractivity contribution in [3.63, 3.8) is 0 Å². The van der Waals surface area contributed by atoms with Crippen LogP contribution in [0.1, 0.15) is 52.6 Å². The van der Waals surface area contributed by atoms with Gasteiger partial charge in [0.05, 0.1) is 5.52 Å². The second-order valence-corrected chi connectivity index (χ2v) is 8.60. The van der Waals surface area contributed by atoms with Gasteiger partial charge in [-0.05, 0) is 55.5 Å². The lowest BCUT2D eigenvalue weighted by Crippen LogP contribution is -2.26. The molecule has 0 amide bonds. The predicted molar refractivity (Wildman–Crippen MR) is 107 cm³/mol. The van der Waals surface area contributed by atoms with E-state index in [1.807, 2.05) is 22.0 Å². The number of nitrogens with zero attached hydrogens (tertiary/aromatic N) is 1. The Bertz CT molecular complexity index is 1140. The fourth-order valence-corrected chi connectivity index (χ4v) is 5.22. The lowest BCUT2D eigenvalue weighted by Gasteiger charge is -2.19. The molecule has 6 heteroatoms. The number of thiophene rings is 1. The smallest absolute Gasteiger partial charge is 0.341 e. The van der Waals surface area contributed by atoms with Gasteiger partial charge in [-0.25, -0.2) is 4.79 Å². The minimum Gasteiger partial charge on any atom is -0.477 e. The van der Waals surface area contributed by atoms with Crippen molar-refractivity contribution in [2.75, 3.05) is 6.54 Å². The molecule has 1 unspecified atom stereocenters. The first-order valence-corrected chi connectivity index (χ1v) is 10.1. The third-order valence-electron chi connectivity index (χ3n) is 5.60. The maximum Gasteiger partial charge on any atom is 0.341 e. The van der Waals surface area contributed by atoms with Crippen LogP contribution in [0.25, 0.3) is 21.3 Å². The van der Waals surface area contributed by atoms with Gasteiger partial charge in [0.1, 0.15) is 5.56 Å². The zero-order chi connectivity index (χ0) is 18.7. The first-order valence-electron chi connectivity index (χ1n) is 9.31. The molecule has 1 aromatic carbocycles. The number of carboxylic acid groups (broad SMARTS) is 1. The number of nitrogens with one attached hydrogen (secondary N) is 1. The topological polar surface area (TPSA) is 71.3 Å². The molecular formula is C21H20N2O3S. The molecule has 3 aromatic rings. The zero-order valence-electron chi connectivity index (χ0n) is 15.0. The Balaban J connectivity index is 1.70. The summed E-state index contributed by atoms with van der Waals surface area (Å²) in [5, 5.41) is 13.4. The van der Waals surface area contributed by atoms with Gasteiger partial charge in [0.25, 0.3) is 0 Å². The second-order valence-electron chi connectivity index (χ2n) is 7.46. The van der Waals surface area contributed by atoms with Gasteiger partial charge in [-0.3, -0.25) is 4.79 Å². The molecule has 0 spiro atoms. The fraction of sp³-hybridized carbons (Fsp3) is 0.333. The summed E-state index contributed by atoms with van der Waals surface area (Å²) in [6.07, 6.45) is 4.63. The molecule has 27 heavy (non-hydrogen) atoms. The minimum absolute atomic E-state index is 0.145. The summed E-state index contributed by atoms with van der Waals surface area (Å²) in [6, 6.07) is 8.70. The summed E-state index contributed by atoms with van der Waals surface area (Å²) in [5.74, 6) is -1.16. The SMILES string of the molecule is CC1NCCc2sc(-c3ccc4c(=O)c(C(=O)O)cn(C5CC5)c4c3)cc21. The van der Waals surface area contributed by atoms with E-state index in [9.17, 15) is 14.7 Å². The van der Waals surface area contributed by atoms with Crippen LogP contribution in [-0.4, -0.2) is 22.2 Å². The highest BCUT2D eigenvalue weighted by Crippen LogP contribution is 2.40. The summed E-state index contributed by atoms with van der Waals surface area (Å²) >= 11 is 1.82. The summed E-state index contributed by atoms with van der Waals surface area (Å²) in [5.41, 5.74) is 2.74. The Morgan fingerprint density at radius 2 is 2.11 bits per heavy atom. The predicted octanol–water partition coefficient (Wildman–Crippen LogP) is 3.97. The van der Waals surface area contributed by atoms with E-state index in [0.29, 0.717) is 17.5 Å². The molecule has 1 aliphatic carbocycles. The van der Waals surface area contributed by atoms with E-state index >= 15 is 0 Å². The molecule has 138 valence electrons. The van der Waals surface area contributed by atoms with Crippen molar-refractivity contribution in [1.29, 1.82) is 0 Å². The molecule has 2 aliphatic rings. The van der Waals surface area contributed by atoms with Crippen molar-refractivity contribution in [3.8, 4) is 10.4 Å². The number of fused-ring (bicyclic) bond motifs is 2. The molecule has 1 atom stereocenters. The molecule has 0 bridgehead atoms. The first-order chi connectivity index (χ1) is 13.0. The van der Waals surface area contributed by atoms with Crippen molar-refractivity contribution < 1.29 is 9.90 Å². The van der Waals surface area contributed by atoms with Gasteiger partial charge in [0.15, 0.2) is 0 Å². The molecule has 1 aliphatic heterocycles. The molecule has 5 rings (SSSR count). The monoisotopic (exact) mass is 380 g/mol. The van der Waals surface area contributed by atoms with Gasteiger partial charge >= 0.3 is 5.97 Å². The fourth-order valence-electron chi connectivity index (χ4n) is 3.97. The molecule has 1 fully saturated rings. The third kappa shape index (κ3) is 2.71. The van der Waals surface area contributed by atoms with Crippen LogP contribution < -0.4 is 10.7 Å². The van der Waals surface area contributed by atoms with Crippen LogP contribution >= 0.6 is 11.3 Å². The highest BCUT2D eigenvalue weighted by Gasteiger charge is 2.27. The third-order valence-corrected chi connectivity index (χ3v) is 6.86. The average molecular weight is 380 g/mol. The van der Waals surface area contributed by atoms with Gasteiger partial charge < -0.3 is 15.0 Å². The molecule has 3 heterocycles. The number of aromatic carboxylic acids is 1. The standard InChI is InChI=1S/C21H20N2O3S/c1-11-15-9-19(27-18(15)6-7-22-11)12-2-5-14-17(8-12)23(13-3-4-13)10-16(20(14)24)21(25)26/h2,5,8-11,13,22H,3-4,6-7H2,1H3,(H,25,26). The van der Waals surface area contributed by atoms with Crippen molar-refractivity contribution >= 4 is 28.2 Å². The highest BCUT2D eigenvalue weighted by molar-refractivity contribution is 7.15. The van der Waals surface area contributed by atoms with E-state index in [4.69, 9.17) is 0 Å². The number of carboxylic acids is 1. The largest absolute Gasteiger partial charge is 0.477 e. The number of hydrogen-bond donors (Lipinski definition) is 2. The van der Waals surface area contributed by atoms with Gasteiger partial charge in [0.2, 0.25) is 5.43 Å². The Morgan fingerprint density at radius 1 is 1.30 bits per heavy atom. The highest BCUT2D eigenvalue weighted by atomic mass is 32.1. The van der Waals surface area contributed by atoms with E-state index in [-0.39, 0.29) is 5.56 Å². The van der Waals surface area contributed by atoms with Gasteiger partial charge in [-0.1, -0.05) is 6.07 Å². The molecule has 2 N–H and O–H groups in total. The quantitative estimate of drug-likeness (QED) is 0.721. The van der Waals surface area contributed by atoms with E-state index in [2.05, 4.69) is 24.4 Å². The Morgan fingerprint density at radius 3 is 2.81 bits per heavy atom. The van der Waals surface area contributed by atoms with E-state index in [1.165, 1.54) is 21.5 Å². The summed E-state index contributed by atoms with van der Waals surface area (Å²) in [4.78, 5) is 26.7. The molecule has 2 aromatic heterocycles. The Labute approximate surface area is 160 Å². The molecule has 0 radical (unpaired) electrons. The molecule has 1 saturated carbocycles. The first kappa shape index (κ1) is 16.7. The maximum atomic E-state index is 12.6. The lowest BCUT2D eigenvalue weighted by atomic mass is 10.0. The van der Waals surface area contributed by atoms with E-state index in [1.54, 1.807) is 6.07 Å². The molecule has 0 saturated heterocycles. The van der Waals surface area contributed by atoms with Crippen molar-refractivity contribution in [1.82, 2.24) is 9.88 Å². The van der Waals surface area contributed by atoms with Crippen LogP contribution in [0.3, 0.4) is 0 Å². The van der Waals surface area contributed by atoms with Crippen molar-refractivity contribution in [2.24, 2.45) is 0 Å². The van der Waals surface area contributed by atoms with Crippen molar-refractivity contribution in [3.05, 3.63) is 56.7 Å². The summed E-state index contributed by atoms with van der Waals surface area (Å²) in [6.45, 7) is 3.19. The van der Waals surface area contributed by atoms with Crippen LogP contribution in [-0.2, 0) is 6.42 Å². The Hall–Kier alpha value is -2.44. The number of hydrogen-bond acceptors (Lipinski definition) is 4. The number of pyridine rings is 1. The number of benzene rings is 1. The molecule has 5 nitrogen and oxygen atoms in total. The van der Waals surface area contributed by atoms with Gasteiger partial charge in [-0.15, -0.1) is 11.3 Å². The average Bonchev–Trinajstić information content (AvgIpc) is 3.39. The van der Waals surface area contributed by atoms with E-state index < -0.39 is 11.4 Å². The summed E-state index contributed by atoms with van der Waals surface area (Å²) < 4.78 is 1.99. The molecular weight excluding hydrogens is 360 g/mol. The maximum absolute atomic E-state index is 12.6. The van der Waals surface area contributed by atoms with Crippen LogP contribution in [0.2, 0.25) is 0 Å². The number of carbonyl (C=O) groups is 1. The van der Waals surface area contributed by atoms with Crippen LogP contribution in [0.15, 0.2) is 35.3 Å². The Kier molecular flexibility index (Phi) is 3.74. The minimum atomic E-state index is -1.16. The van der Waals surface area contributed by atoms with Crippen LogP contribution in [0, 0.1) is 0 Å². The normalized spacial score (nSPS) is 19.2. The van der Waals surface area contributed by atoms with Gasteiger partial charge in [0, 0.05) is 40.0 Å². The van der Waals surface area contributed by atoms with Crippen LogP contribution in [0.4, 0.5) is 0 Å². The van der Waals surface area contributed by atoms with Crippen molar-refractivity contribution in [2.45, 2.75) is 38.3 Å². The van der Waals surface area contributed by atoms with Gasteiger partial charge in [-0.2, -0.15) is 0 Å². The number of aromatic nitrogens is 1. The van der Waals surface area contributed by atoms with Crippen LogP contribution in [0.5, 0.6) is 0 Å². The second kappa shape index (κ2) is 6.04. The zero-order valence-corrected chi connectivity index (χ0v) is 15.8.